The van der Waals surface area contributed by atoms with E-state index in [4.69, 9.17) is 0 Å². The molecule has 2 aromatic rings. The van der Waals surface area contributed by atoms with Crippen molar-refractivity contribution in [3.8, 4) is 0 Å². The monoisotopic (exact) mass is 233 g/mol. The van der Waals surface area contributed by atoms with E-state index in [0.717, 1.165) is 18.2 Å². The number of carbonyl (C=O) groups is 1. The van der Waals surface area contributed by atoms with Crippen LogP contribution >= 0.6 is 0 Å². The van der Waals surface area contributed by atoms with Gasteiger partial charge in [0.15, 0.2) is 0 Å². The van der Waals surface area contributed by atoms with Crippen LogP contribution in [0, 0.1) is 18.6 Å². The van der Waals surface area contributed by atoms with Crippen molar-refractivity contribution in [3.05, 3.63) is 65.0 Å². The highest BCUT2D eigenvalue weighted by Crippen LogP contribution is 2.14. The van der Waals surface area contributed by atoms with Crippen LogP contribution in [0.25, 0.3) is 0 Å². The lowest BCUT2D eigenvalue weighted by atomic mass is 10.1. The number of ketones is 1. The molecule has 0 fully saturated rings. The molecule has 0 radical (unpaired) electrons. The van der Waals surface area contributed by atoms with Crippen molar-refractivity contribution >= 4 is 5.78 Å². The van der Waals surface area contributed by atoms with E-state index in [2.05, 4.69) is 4.98 Å². The minimum absolute atomic E-state index is 0.106. The number of pyridine rings is 1. The van der Waals surface area contributed by atoms with Gasteiger partial charge in [-0.15, -0.1) is 0 Å². The van der Waals surface area contributed by atoms with Crippen LogP contribution < -0.4 is 0 Å². The normalized spacial score (nSPS) is 10.3. The van der Waals surface area contributed by atoms with Gasteiger partial charge >= 0.3 is 0 Å². The van der Waals surface area contributed by atoms with Gasteiger partial charge in [-0.25, -0.2) is 13.8 Å². The van der Waals surface area contributed by atoms with Gasteiger partial charge in [0.2, 0.25) is 5.78 Å². The zero-order valence-electron chi connectivity index (χ0n) is 9.08. The molecule has 0 aliphatic rings. The zero-order chi connectivity index (χ0) is 12.4. The van der Waals surface area contributed by atoms with Crippen LogP contribution in [-0.2, 0) is 0 Å². The Morgan fingerprint density at radius 3 is 2.65 bits per heavy atom. The van der Waals surface area contributed by atoms with Crippen molar-refractivity contribution < 1.29 is 13.6 Å². The maximum absolute atomic E-state index is 13.4. The molecule has 0 unspecified atom stereocenters. The molecule has 1 heterocycles. The van der Waals surface area contributed by atoms with Crippen molar-refractivity contribution in [1.82, 2.24) is 4.98 Å². The van der Waals surface area contributed by atoms with Crippen LogP contribution in [0.15, 0.2) is 36.4 Å². The summed E-state index contributed by atoms with van der Waals surface area (Å²) < 4.78 is 26.4. The van der Waals surface area contributed by atoms with Crippen molar-refractivity contribution in [1.29, 1.82) is 0 Å². The van der Waals surface area contributed by atoms with E-state index in [1.807, 2.05) is 0 Å². The minimum atomic E-state index is -0.750. The second-order valence-corrected chi connectivity index (χ2v) is 3.62. The Kier molecular flexibility index (Phi) is 2.95. The van der Waals surface area contributed by atoms with E-state index >= 15 is 0 Å². The third-order valence-electron chi connectivity index (χ3n) is 2.29. The Labute approximate surface area is 96.9 Å². The summed E-state index contributed by atoms with van der Waals surface area (Å²) in [5.74, 6) is -2.02. The summed E-state index contributed by atoms with van der Waals surface area (Å²) in [6.07, 6.45) is 0. The Morgan fingerprint density at radius 1 is 1.18 bits per heavy atom. The predicted molar refractivity (Wildman–Crippen MR) is 58.8 cm³/mol. The van der Waals surface area contributed by atoms with Crippen LogP contribution in [0.2, 0.25) is 0 Å². The number of carbonyl (C=O) groups excluding carboxylic acids is 1. The number of aryl methyl sites for hydroxylation is 1. The number of aromatic nitrogens is 1. The van der Waals surface area contributed by atoms with Crippen molar-refractivity contribution in [3.63, 3.8) is 0 Å². The smallest absolute Gasteiger partial charge is 0.214 e. The van der Waals surface area contributed by atoms with Gasteiger partial charge in [-0.3, -0.25) is 4.79 Å². The molecular formula is C13H9F2NO. The van der Waals surface area contributed by atoms with E-state index in [1.54, 1.807) is 19.1 Å². The second kappa shape index (κ2) is 4.41. The van der Waals surface area contributed by atoms with E-state index in [0.29, 0.717) is 5.69 Å². The average molecular weight is 233 g/mol. The molecule has 0 saturated heterocycles. The molecule has 0 saturated carbocycles. The molecule has 2 rings (SSSR count). The van der Waals surface area contributed by atoms with Crippen LogP contribution in [0.3, 0.4) is 0 Å². The first-order chi connectivity index (χ1) is 8.08. The molecule has 86 valence electrons. The number of rotatable bonds is 2. The highest BCUT2D eigenvalue weighted by atomic mass is 19.1. The predicted octanol–water partition coefficient (Wildman–Crippen LogP) is 2.90. The maximum atomic E-state index is 13.4. The van der Waals surface area contributed by atoms with Gasteiger partial charge < -0.3 is 0 Å². The lowest BCUT2D eigenvalue weighted by Gasteiger charge is -2.03. The van der Waals surface area contributed by atoms with Crippen LogP contribution in [0.4, 0.5) is 8.78 Å². The van der Waals surface area contributed by atoms with Gasteiger partial charge in [0.1, 0.15) is 17.3 Å². The molecule has 0 bridgehead atoms. The van der Waals surface area contributed by atoms with Crippen LogP contribution in [0.5, 0.6) is 0 Å². The molecule has 1 aromatic heterocycles. The number of hydrogen-bond acceptors (Lipinski definition) is 2. The minimum Gasteiger partial charge on any atom is -0.287 e. The Hall–Kier alpha value is -2.10. The molecule has 0 N–H and O–H groups in total. The molecule has 2 nitrogen and oxygen atoms in total. The van der Waals surface area contributed by atoms with Crippen LogP contribution in [-0.4, -0.2) is 10.8 Å². The Balaban J connectivity index is 2.47. The standard InChI is InChI=1S/C13H9F2NO/c1-8-3-2-4-12(16-8)13(17)10-7-9(14)5-6-11(10)15/h2-7H,1H3. The fraction of sp³-hybridized carbons (Fsp3) is 0.0769. The summed E-state index contributed by atoms with van der Waals surface area (Å²) in [5, 5.41) is 0. The van der Waals surface area contributed by atoms with E-state index in [1.165, 1.54) is 6.07 Å². The maximum Gasteiger partial charge on any atom is 0.214 e. The quantitative estimate of drug-likeness (QED) is 0.746. The molecule has 4 heteroatoms. The number of hydrogen-bond donors (Lipinski definition) is 0. The molecule has 1 aromatic carbocycles. The van der Waals surface area contributed by atoms with E-state index in [-0.39, 0.29) is 11.3 Å². The molecule has 0 aliphatic heterocycles. The SMILES string of the molecule is Cc1cccc(C(=O)c2cc(F)ccc2F)n1. The van der Waals surface area contributed by atoms with Gasteiger partial charge in [0.25, 0.3) is 0 Å². The van der Waals surface area contributed by atoms with Crippen LogP contribution in [0.1, 0.15) is 21.7 Å². The Morgan fingerprint density at radius 2 is 1.94 bits per heavy atom. The summed E-state index contributed by atoms with van der Waals surface area (Å²) in [6, 6.07) is 7.61. The summed E-state index contributed by atoms with van der Waals surface area (Å²) in [4.78, 5) is 15.9. The first-order valence-electron chi connectivity index (χ1n) is 5.01. The highest BCUT2D eigenvalue weighted by Gasteiger charge is 2.16. The van der Waals surface area contributed by atoms with E-state index < -0.39 is 17.4 Å². The van der Waals surface area contributed by atoms with Gasteiger partial charge in [-0.05, 0) is 37.3 Å². The largest absolute Gasteiger partial charge is 0.287 e. The topological polar surface area (TPSA) is 30.0 Å². The van der Waals surface area contributed by atoms with Crippen molar-refractivity contribution in [2.24, 2.45) is 0 Å². The number of nitrogens with zero attached hydrogens (tertiary/aromatic N) is 1. The molecule has 0 spiro atoms. The van der Waals surface area contributed by atoms with Gasteiger partial charge in [-0.1, -0.05) is 6.07 Å². The molecule has 17 heavy (non-hydrogen) atoms. The molecular weight excluding hydrogens is 224 g/mol. The zero-order valence-corrected chi connectivity index (χ0v) is 9.08. The summed E-state index contributed by atoms with van der Waals surface area (Å²) in [5.41, 5.74) is 0.449. The van der Waals surface area contributed by atoms with Gasteiger partial charge in [0.05, 0.1) is 5.56 Å². The first-order valence-corrected chi connectivity index (χ1v) is 5.01. The fourth-order valence-corrected chi connectivity index (χ4v) is 1.48. The third-order valence-corrected chi connectivity index (χ3v) is 2.29. The number of benzene rings is 1. The Bertz CT molecular complexity index is 581. The number of halogens is 2. The molecule has 0 amide bonds. The van der Waals surface area contributed by atoms with Crippen molar-refractivity contribution in [2.45, 2.75) is 6.92 Å². The first kappa shape index (κ1) is 11.4. The lowest BCUT2D eigenvalue weighted by Crippen LogP contribution is -2.07. The second-order valence-electron chi connectivity index (χ2n) is 3.62. The van der Waals surface area contributed by atoms with E-state index in [9.17, 15) is 13.6 Å². The highest BCUT2D eigenvalue weighted by molar-refractivity contribution is 6.07. The average Bonchev–Trinajstić information content (AvgIpc) is 2.31. The third kappa shape index (κ3) is 2.36. The molecule has 0 aliphatic carbocycles. The summed E-state index contributed by atoms with van der Waals surface area (Å²) >= 11 is 0. The lowest BCUT2D eigenvalue weighted by molar-refractivity contribution is 0.103. The summed E-state index contributed by atoms with van der Waals surface area (Å²) in [7, 11) is 0. The van der Waals surface area contributed by atoms with Gasteiger partial charge in [0, 0.05) is 5.69 Å². The van der Waals surface area contributed by atoms with Crippen molar-refractivity contribution in [2.75, 3.05) is 0 Å². The molecule has 0 atom stereocenters. The van der Waals surface area contributed by atoms with Gasteiger partial charge in [-0.2, -0.15) is 0 Å². The summed E-state index contributed by atoms with van der Waals surface area (Å²) in [6.45, 7) is 1.72. The fourth-order valence-electron chi connectivity index (χ4n) is 1.48.